The molecule has 2 nitrogen and oxygen atoms in total. The maximum atomic E-state index is 12.8. The van der Waals surface area contributed by atoms with Gasteiger partial charge in [0.05, 0.1) is 6.10 Å². The molecular formula is C7H13AcFO2. The van der Waals surface area contributed by atoms with Gasteiger partial charge in [0.1, 0.15) is 0 Å². The molecule has 1 aliphatic rings. The van der Waals surface area contributed by atoms with E-state index in [1.54, 1.807) is 6.92 Å². The van der Waals surface area contributed by atoms with Crippen molar-refractivity contribution in [3.8, 4) is 0 Å². The van der Waals surface area contributed by atoms with Crippen molar-refractivity contribution >= 4 is 0 Å². The molecule has 11 heavy (non-hydrogen) atoms. The summed E-state index contributed by atoms with van der Waals surface area (Å²) in [5.41, 5.74) is 0. The van der Waals surface area contributed by atoms with E-state index in [0.29, 0.717) is 0 Å². The number of alkyl halides is 1. The molecule has 1 radical (unpaired) electrons. The van der Waals surface area contributed by atoms with Crippen LogP contribution in [-0.2, 0) is 4.74 Å². The van der Waals surface area contributed by atoms with Crippen molar-refractivity contribution in [2.24, 2.45) is 5.92 Å². The minimum Gasteiger partial charge on any atom is -0.366 e. The van der Waals surface area contributed by atoms with Gasteiger partial charge in [-0.05, 0) is 6.42 Å². The molecule has 1 aliphatic heterocycles. The smallest absolute Gasteiger partial charge is 0.186 e. The number of rotatable bonds is 1. The van der Waals surface area contributed by atoms with E-state index >= 15 is 0 Å². The molecule has 4 heteroatoms. The van der Waals surface area contributed by atoms with E-state index < -0.39 is 12.5 Å². The predicted octanol–water partition coefficient (Wildman–Crippen LogP) is 1.09. The van der Waals surface area contributed by atoms with E-state index in [-0.39, 0.29) is 56.1 Å². The van der Waals surface area contributed by atoms with Gasteiger partial charge in [-0.1, -0.05) is 13.8 Å². The fourth-order valence-electron chi connectivity index (χ4n) is 1.31. The van der Waals surface area contributed by atoms with Gasteiger partial charge in [0.15, 0.2) is 12.5 Å². The molecule has 4 atom stereocenters. The zero-order chi connectivity index (χ0) is 7.72. The van der Waals surface area contributed by atoms with Crippen LogP contribution in [-0.4, -0.2) is 23.7 Å². The first kappa shape index (κ1) is 12.3. The molecule has 0 aromatic carbocycles. The average molecular weight is 375 g/mol. The second-order valence-electron chi connectivity index (χ2n) is 2.78. The molecular weight excluding hydrogens is 362 g/mol. The van der Waals surface area contributed by atoms with Gasteiger partial charge >= 0.3 is 0 Å². The standard InChI is InChI=1S/C7H13FO2.Ac/c1-3-5-4(2)6(8)7(9)10-5;/h4-7,9H,3H2,1-2H3;/t4-,5-,6-,7?;/m1./s1. The molecule has 0 aromatic rings. The quantitative estimate of drug-likeness (QED) is 0.744. The monoisotopic (exact) mass is 375 g/mol. The van der Waals surface area contributed by atoms with E-state index in [1.165, 1.54) is 0 Å². The zero-order valence-electron chi connectivity index (χ0n) is 6.83. The van der Waals surface area contributed by atoms with E-state index in [1.807, 2.05) is 6.92 Å². The summed E-state index contributed by atoms with van der Waals surface area (Å²) in [5.74, 6) is -0.167. The van der Waals surface area contributed by atoms with Crippen molar-refractivity contribution in [3.05, 3.63) is 0 Å². The Morgan fingerprint density at radius 2 is 2.09 bits per heavy atom. The summed E-state index contributed by atoms with van der Waals surface area (Å²) in [5, 5.41) is 8.87. The Bertz CT molecular complexity index is 123. The Hall–Kier alpha value is 1.29. The Morgan fingerprint density at radius 3 is 2.27 bits per heavy atom. The first-order valence-electron chi connectivity index (χ1n) is 3.64. The number of hydrogen-bond donors (Lipinski definition) is 1. The predicted molar refractivity (Wildman–Crippen MR) is 35.2 cm³/mol. The fourth-order valence-corrected chi connectivity index (χ4v) is 1.31. The van der Waals surface area contributed by atoms with Crippen LogP contribution >= 0.6 is 0 Å². The second-order valence-corrected chi connectivity index (χ2v) is 2.78. The van der Waals surface area contributed by atoms with Crippen LogP contribution in [0, 0.1) is 50.0 Å². The van der Waals surface area contributed by atoms with E-state index in [2.05, 4.69) is 0 Å². The maximum absolute atomic E-state index is 12.8. The van der Waals surface area contributed by atoms with Gasteiger partial charge in [0.25, 0.3) is 0 Å². The van der Waals surface area contributed by atoms with Crippen molar-refractivity contribution in [2.75, 3.05) is 0 Å². The van der Waals surface area contributed by atoms with E-state index in [4.69, 9.17) is 9.84 Å². The summed E-state index contributed by atoms with van der Waals surface area (Å²) in [6, 6.07) is 0. The van der Waals surface area contributed by atoms with Crippen LogP contribution in [0.1, 0.15) is 20.3 Å². The Balaban J connectivity index is 0.000001000. The summed E-state index contributed by atoms with van der Waals surface area (Å²) in [4.78, 5) is 0. The molecule has 0 bridgehead atoms. The first-order chi connectivity index (χ1) is 4.66. The molecule has 63 valence electrons. The Labute approximate surface area is 102 Å². The molecule has 0 aromatic heterocycles. The van der Waals surface area contributed by atoms with Gasteiger partial charge < -0.3 is 9.84 Å². The van der Waals surface area contributed by atoms with Crippen molar-refractivity contribution in [2.45, 2.75) is 38.8 Å². The molecule has 1 fully saturated rings. The Morgan fingerprint density at radius 1 is 1.55 bits per heavy atom. The molecule has 0 amide bonds. The normalized spacial score (nSPS) is 43.6. The van der Waals surface area contributed by atoms with Gasteiger partial charge in [0.2, 0.25) is 0 Å². The van der Waals surface area contributed by atoms with Crippen molar-refractivity contribution in [1.82, 2.24) is 0 Å². The minimum atomic E-state index is -1.20. The van der Waals surface area contributed by atoms with E-state index in [0.717, 1.165) is 6.42 Å². The number of aliphatic hydroxyl groups excluding tert-OH is 1. The molecule has 1 saturated heterocycles. The molecule has 1 heterocycles. The molecule has 0 aliphatic carbocycles. The molecule has 0 saturated carbocycles. The van der Waals surface area contributed by atoms with Crippen LogP contribution < -0.4 is 0 Å². The first-order valence-corrected chi connectivity index (χ1v) is 3.64. The number of ether oxygens (including phenoxy) is 1. The third-order valence-corrected chi connectivity index (χ3v) is 2.08. The number of halogens is 1. The third-order valence-electron chi connectivity index (χ3n) is 2.08. The summed E-state index contributed by atoms with van der Waals surface area (Å²) in [6.07, 6.45) is -1.74. The molecule has 1 N–H and O–H groups in total. The number of hydrogen-bond acceptors (Lipinski definition) is 2. The average Bonchev–Trinajstić information content (AvgIpc) is 2.17. The Kier molecular flexibility index (Phi) is 5.72. The second kappa shape index (κ2) is 5.11. The van der Waals surface area contributed by atoms with Crippen LogP contribution in [0.15, 0.2) is 0 Å². The minimum absolute atomic E-state index is 0. The maximum Gasteiger partial charge on any atom is 0.186 e. The summed E-state index contributed by atoms with van der Waals surface area (Å²) in [6.45, 7) is 3.68. The SMILES string of the molecule is CC[C@H]1OC(O)[C@H](F)[C@@H]1C.[Ac]. The van der Waals surface area contributed by atoms with Crippen LogP contribution in [0.4, 0.5) is 4.39 Å². The van der Waals surface area contributed by atoms with Gasteiger partial charge in [-0.2, -0.15) is 0 Å². The van der Waals surface area contributed by atoms with Crippen molar-refractivity contribution < 1.29 is 58.3 Å². The van der Waals surface area contributed by atoms with Crippen LogP contribution in [0.3, 0.4) is 0 Å². The van der Waals surface area contributed by atoms with Gasteiger partial charge in [-0.15, -0.1) is 0 Å². The van der Waals surface area contributed by atoms with Crippen LogP contribution in [0.25, 0.3) is 0 Å². The third kappa shape index (κ3) is 2.62. The van der Waals surface area contributed by atoms with Crippen molar-refractivity contribution in [3.63, 3.8) is 0 Å². The summed E-state index contributed by atoms with van der Waals surface area (Å²) in [7, 11) is 0. The topological polar surface area (TPSA) is 29.5 Å². The molecule has 1 rings (SSSR count). The largest absolute Gasteiger partial charge is 0.366 e. The molecule has 0 spiro atoms. The molecule has 1 unspecified atom stereocenters. The van der Waals surface area contributed by atoms with Crippen molar-refractivity contribution in [1.29, 1.82) is 0 Å². The fraction of sp³-hybridized carbons (Fsp3) is 1.00. The summed E-state index contributed by atoms with van der Waals surface area (Å²) < 4.78 is 17.7. The van der Waals surface area contributed by atoms with Crippen LogP contribution in [0.2, 0.25) is 0 Å². The summed E-state index contributed by atoms with van der Waals surface area (Å²) >= 11 is 0. The van der Waals surface area contributed by atoms with Gasteiger partial charge in [-0.3, -0.25) is 0 Å². The van der Waals surface area contributed by atoms with Crippen LogP contribution in [0.5, 0.6) is 0 Å². The van der Waals surface area contributed by atoms with Gasteiger partial charge in [-0.25, -0.2) is 4.39 Å². The number of aliphatic hydroxyl groups is 1. The van der Waals surface area contributed by atoms with Gasteiger partial charge in [0, 0.05) is 50.0 Å². The van der Waals surface area contributed by atoms with E-state index in [9.17, 15) is 4.39 Å². The zero-order valence-corrected chi connectivity index (χ0v) is 11.6.